The Morgan fingerprint density at radius 3 is 2.43 bits per heavy atom. The SMILES string of the molecule is CCNC(=O)N(CSC(C)C(=O)OCC)N1C(C)CCCC1C. The highest BCUT2D eigenvalue weighted by molar-refractivity contribution is 8.00. The van der Waals surface area contributed by atoms with Crippen molar-refractivity contribution in [1.82, 2.24) is 15.3 Å². The summed E-state index contributed by atoms with van der Waals surface area (Å²) in [5.74, 6) is 0.216. The molecule has 134 valence electrons. The first-order chi connectivity index (χ1) is 10.9. The van der Waals surface area contributed by atoms with Crippen LogP contribution in [0.25, 0.3) is 0 Å². The lowest BCUT2D eigenvalue weighted by Crippen LogP contribution is -2.58. The molecule has 1 rings (SSSR count). The van der Waals surface area contributed by atoms with Crippen molar-refractivity contribution >= 4 is 23.8 Å². The minimum Gasteiger partial charge on any atom is -0.465 e. The molecule has 0 aromatic heterocycles. The third-order valence-corrected chi connectivity index (χ3v) is 5.14. The fourth-order valence-corrected chi connectivity index (χ4v) is 3.69. The molecule has 23 heavy (non-hydrogen) atoms. The third kappa shape index (κ3) is 5.88. The number of ether oxygens (including phenoxy) is 1. The van der Waals surface area contributed by atoms with Gasteiger partial charge in [0.2, 0.25) is 0 Å². The summed E-state index contributed by atoms with van der Waals surface area (Å²) in [6.45, 7) is 10.8. The predicted molar refractivity (Wildman–Crippen MR) is 94.1 cm³/mol. The van der Waals surface area contributed by atoms with Crippen LogP contribution in [-0.2, 0) is 9.53 Å². The van der Waals surface area contributed by atoms with E-state index in [9.17, 15) is 9.59 Å². The highest BCUT2D eigenvalue weighted by Gasteiger charge is 2.33. The summed E-state index contributed by atoms with van der Waals surface area (Å²) in [5, 5.41) is 6.52. The lowest BCUT2D eigenvalue weighted by Gasteiger charge is -2.45. The zero-order chi connectivity index (χ0) is 17.4. The molecule has 1 heterocycles. The number of hydrogen-bond acceptors (Lipinski definition) is 5. The number of hydrogen-bond donors (Lipinski definition) is 1. The maximum atomic E-state index is 12.5. The maximum absolute atomic E-state index is 12.5. The minimum atomic E-state index is -0.290. The van der Waals surface area contributed by atoms with Crippen molar-refractivity contribution in [3.63, 3.8) is 0 Å². The number of rotatable bonds is 7. The minimum absolute atomic E-state index is 0.100. The lowest BCUT2D eigenvalue weighted by molar-refractivity contribution is -0.142. The molecule has 0 aliphatic carbocycles. The van der Waals surface area contributed by atoms with Gasteiger partial charge in [0.1, 0.15) is 5.25 Å². The Bertz CT molecular complexity index is 385. The Hall–Kier alpha value is -0.950. The molecule has 0 aromatic carbocycles. The molecule has 0 spiro atoms. The molecular formula is C16H31N3O3S. The van der Waals surface area contributed by atoms with Gasteiger partial charge >= 0.3 is 12.0 Å². The van der Waals surface area contributed by atoms with Crippen LogP contribution in [0.3, 0.4) is 0 Å². The van der Waals surface area contributed by atoms with Crippen LogP contribution in [0.4, 0.5) is 4.79 Å². The van der Waals surface area contributed by atoms with Crippen molar-refractivity contribution in [2.75, 3.05) is 19.0 Å². The molecule has 6 nitrogen and oxygen atoms in total. The van der Waals surface area contributed by atoms with Gasteiger partial charge in [0.05, 0.1) is 12.5 Å². The van der Waals surface area contributed by atoms with E-state index in [4.69, 9.17) is 4.74 Å². The van der Waals surface area contributed by atoms with E-state index in [-0.39, 0.29) is 17.3 Å². The molecule has 1 N–H and O–H groups in total. The van der Waals surface area contributed by atoms with Crippen LogP contribution in [-0.4, -0.2) is 58.4 Å². The van der Waals surface area contributed by atoms with Gasteiger partial charge in [-0.2, -0.15) is 0 Å². The summed E-state index contributed by atoms with van der Waals surface area (Å²) in [6.07, 6.45) is 3.35. The number of carbonyl (C=O) groups excluding carboxylic acids is 2. The van der Waals surface area contributed by atoms with Crippen LogP contribution >= 0.6 is 11.8 Å². The normalized spacial score (nSPS) is 23.2. The van der Waals surface area contributed by atoms with E-state index in [1.54, 1.807) is 11.9 Å². The molecule has 3 atom stereocenters. The van der Waals surface area contributed by atoms with E-state index in [0.717, 1.165) is 12.8 Å². The lowest BCUT2D eigenvalue weighted by atomic mass is 10.00. The van der Waals surface area contributed by atoms with Crippen molar-refractivity contribution in [2.24, 2.45) is 0 Å². The Kier molecular flexibility index (Phi) is 8.76. The van der Waals surface area contributed by atoms with Gasteiger partial charge in [-0.05, 0) is 47.5 Å². The fraction of sp³-hybridized carbons (Fsp3) is 0.875. The number of thioether (sulfide) groups is 1. The van der Waals surface area contributed by atoms with E-state index in [1.807, 2.05) is 13.8 Å². The Morgan fingerprint density at radius 2 is 1.91 bits per heavy atom. The van der Waals surface area contributed by atoms with Gasteiger partial charge in [-0.1, -0.05) is 6.42 Å². The Morgan fingerprint density at radius 1 is 1.30 bits per heavy atom. The average molecular weight is 346 g/mol. The number of esters is 1. The van der Waals surface area contributed by atoms with Gasteiger partial charge in [-0.3, -0.25) is 4.79 Å². The van der Waals surface area contributed by atoms with E-state index in [2.05, 4.69) is 24.2 Å². The first-order valence-electron chi connectivity index (χ1n) is 8.54. The molecule has 0 bridgehead atoms. The van der Waals surface area contributed by atoms with Gasteiger partial charge in [-0.25, -0.2) is 14.8 Å². The summed E-state index contributed by atoms with van der Waals surface area (Å²) in [7, 11) is 0. The number of urea groups is 1. The highest BCUT2D eigenvalue weighted by atomic mass is 32.2. The van der Waals surface area contributed by atoms with Crippen LogP contribution in [0.5, 0.6) is 0 Å². The molecule has 7 heteroatoms. The summed E-state index contributed by atoms with van der Waals surface area (Å²) < 4.78 is 5.04. The third-order valence-electron chi connectivity index (χ3n) is 4.05. The van der Waals surface area contributed by atoms with E-state index in [0.29, 0.717) is 31.1 Å². The van der Waals surface area contributed by atoms with Crippen LogP contribution in [0.15, 0.2) is 0 Å². The van der Waals surface area contributed by atoms with Gasteiger partial charge in [0.25, 0.3) is 0 Å². The predicted octanol–water partition coefficient (Wildman–Crippen LogP) is 2.84. The number of carbonyl (C=O) groups is 2. The van der Waals surface area contributed by atoms with Crippen molar-refractivity contribution in [2.45, 2.75) is 71.2 Å². The Balaban J connectivity index is 2.76. The zero-order valence-corrected chi connectivity index (χ0v) is 15.8. The molecule has 2 amide bonds. The summed E-state index contributed by atoms with van der Waals surface area (Å²) in [6, 6.07) is 0.538. The quantitative estimate of drug-likeness (QED) is 0.568. The summed E-state index contributed by atoms with van der Waals surface area (Å²) in [4.78, 5) is 24.3. The molecule has 1 saturated heterocycles. The zero-order valence-electron chi connectivity index (χ0n) is 15.0. The summed E-state index contributed by atoms with van der Waals surface area (Å²) >= 11 is 1.43. The van der Waals surface area contributed by atoms with Crippen molar-refractivity contribution in [3.8, 4) is 0 Å². The second-order valence-corrected chi connectivity index (χ2v) is 7.23. The van der Waals surface area contributed by atoms with Crippen LogP contribution < -0.4 is 5.32 Å². The molecular weight excluding hydrogens is 314 g/mol. The molecule has 1 fully saturated rings. The maximum Gasteiger partial charge on any atom is 0.332 e. The van der Waals surface area contributed by atoms with Crippen molar-refractivity contribution in [1.29, 1.82) is 0 Å². The van der Waals surface area contributed by atoms with Gasteiger partial charge in [0, 0.05) is 18.6 Å². The number of nitrogens with one attached hydrogen (secondary N) is 1. The van der Waals surface area contributed by atoms with E-state index < -0.39 is 0 Å². The number of amides is 2. The second kappa shape index (κ2) is 10.0. The van der Waals surface area contributed by atoms with E-state index >= 15 is 0 Å². The molecule has 1 aliphatic rings. The largest absolute Gasteiger partial charge is 0.465 e. The fourth-order valence-electron chi connectivity index (χ4n) is 2.87. The van der Waals surface area contributed by atoms with Crippen molar-refractivity contribution in [3.05, 3.63) is 0 Å². The van der Waals surface area contributed by atoms with Crippen LogP contribution in [0.1, 0.15) is 53.9 Å². The first-order valence-corrected chi connectivity index (χ1v) is 9.59. The van der Waals surface area contributed by atoms with Gasteiger partial charge in [0.15, 0.2) is 0 Å². The van der Waals surface area contributed by atoms with Crippen molar-refractivity contribution < 1.29 is 14.3 Å². The standard InChI is InChI=1S/C16H31N3O3S/c1-6-17-16(21)18(11-23-14(5)15(20)22-7-2)19-12(3)9-8-10-13(19)4/h12-14H,6-11H2,1-5H3,(H,17,21). The van der Waals surface area contributed by atoms with E-state index in [1.165, 1.54) is 18.2 Å². The average Bonchev–Trinajstić information content (AvgIpc) is 2.50. The molecule has 0 saturated carbocycles. The topological polar surface area (TPSA) is 61.9 Å². The highest BCUT2D eigenvalue weighted by Crippen LogP contribution is 2.26. The molecule has 3 unspecified atom stereocenters. The monoisotopic (exact) mass is 345 g/mol. The van der Waals surface area contributed by atoms with Gasteiger partial charge < -0.3 is 10.1 Å². The number of nitrogens with zero attached hydrogens (tertiary/aromatic N) is 2. The molecule has 0 radical (unpaired) electrons. The van der Waals surface area contributed by atoms with Crippen LogP contribution in [0.2, 0.25) is 0 Å². The smallest absolute Gasteiger partial charge is 0.332 e. The number of piperidine rings is 1. The summed E-state index contributed by atoms with van der Waals surface area (Å²) in [5.41, 5.74) is 0. The first kappa shape index (κ1) is 20.1. The number of hydrazine groups is 1. The molecule has 1 aliphatic heterocycles. The Labute approximate surface area is 144 Å². The second-order valence-electron chi connectivity index (χ2n) is 5.93. The molecule has 0 aromatic rings. The van der Waals surface area contributed by atoms with Crippen LogP contribution in [0, 0.1) is 0 Å². The van der Waals surface area contributed by atoms with Gasteiger partial charge in [-0.15, -0.1) is 11.8 Å².